The SMILES string of the molecule is COc1ccc2c(c1)CN1Cc3c(ccc(OC)c3-2)-c2cc(C)ccc2S1(=O)=O. The van der Waals surface area contributed by atoms with Crippen LogP contribution in [0, 0.1) is 6.92 Å². The third kappa shape index (κ3) is 2.59. The summed E-state index contributed by atoms with van der Waals surface area (Å²) >= 11 is 0. The highest BCUT2D eigenvalue weighted by Gasteiger charge is 2.37. The summed E-state index contributed by atoms with van der Waals surface area (Å²) in [6.45, 7) is 2.56. The first-order chi connectivity index (χ1) is 13.9. The van der Waals surface area contributed by atoms with Crippen LogP contribution in [0.2, 0.25) is 0 Å². The lowest BCUT2D eigenvalue weighted by Crippen LogP contribution is -2.28. The molecule has 2 aliphatic heterocycles. The van der Waals surface area contributed by atoms with E-state index in [1.54, 1.807) is 24.6 Å². The van der Waals surface area contributed by atoms with Crippen molar-refractivity contribution in [3.63, 3.8) is 0 Å². The zero-order chi connectivity index (χ0) is 20.3. The molecule has 0 radical (unpaired) electrons. The van der Waals surface area contributed by atoms with E-state index >= 15 is 0 Å². The second kappa shape index (κ2) is 6.34. The highest BCUT2D eigenvalue weighted by atomic mass is 32.2. The molecule has 5 rings (SSSR count). The van der Waals surface area contributed by atoms with Gasteiger partial charge in [-0.3, -0.25) is 0 Å². The summed E-state index contributed by atoms with van der Waals surface area (Å²) in [5, 5.41) is 0. The van der Waals surface area contributed by atoms with Crippen LogP contribution >= 0.6 is 0 Å². The van der Waals surface area contributed by atoms with Crippen LogP contribution in [0.4, 0.5) is 0 Å². The van der Waals surface area contributed by atoms with Gasteiger partial charge in [-0.05, 0) is 53.4 Å². The molecule has 148 valence electrons. The molecular weight excluding hydrogens is 386 g/mol. The smallest absolute Gasteiger partial charge is 0.244 e. The van der Waals surface area contributed by atoms with Crippen LogP contribution in [-0.4, -0.2) is 26.9 Å². The van der Waals surface area contributed by atoms with Crippen molar-refractivity contribution in [2.45, 2.75) is 24.9 Å². The van der Waals surface area contributed by atoms with E-state index < -0.39 is 10.0 Å². The van der Waals surface area contributed by atoms with Gasteiger partial charge in [-0.2, -0.15) is 4.31 Å². The van der Waals surface area contributed by atoms with Gasteiger partial charge in [-0.1, -0.05) is 29.8 Å². The summed E-state index contributed by atoms with van der Waals surface area (Å²) in [6, 6.07) is 15.3. The fourth-order valence-corrected chi connectivity index (χ4v) is 5.96. The quantitative estimate of drug-likeness (QED) is 0.633. The van der Waals surface area contributed by atoms with Gasteiger partial charge in [-0.25, -0.2) is 8.42 Å². The molecule has 5 nitrogen and oxygen atoms in total. The molecule has 0 saturated heterocycles. The monoisotopic (exact) mass is 407 g/mol. The van der Waals surface area contributed by atoms with Gasteiger partial charge in [0.25, 0.3) is 0 Å². The lowest BCUT2D eigenvalue weighted by Gasteiger charge is -2.20. The Kier molecular flexibility index (Phi) is 3.98. The van der Waals surface area contributed by atoms with Crippen LogP contribution in [0.1, 0.15) is 16.7 Å². The van der Waals surface area contributed by atoms with Crippen molar-refractivity contribution in [2.75, 3.05) is 14.2 Å². The summed E-state index contributed by atoms with van der Waals surface area (Å²) in [7, 11) is -0.402. The number of aryl methyl sites for hydroxylation is 1. The summed E-state index contributed by atoms with van der Waals surface area (Å²) in [6.07, 6.45) is 0. The normalized spacial score (nSPS) is 18.1. The highest BCUT2D eigenvalue weighted by Crippen LogP contribution is 2.48. The van der Waals surface area contributed by atoms with Gasteiger partial charge < -0.3 is 9.47 Å². The first-order valence-electron chi connectivity index (χ1n) is 9.42. The van der Waals surface area contributed by atoms with E-state index in [2.05, 4.69) is 0 Å². The van der Waals surface area contributed by atoms with Crippen molar-refractivity contribution in [3.05, 3.63) is 65.2 Å². The number of nitrogens with zero attached hydrogens (tertiary/aromatic N) is 1. The third-order valence-corrected chi connectivity index (χ3v) is 7.65. The van der Waals surface area contributed by atoms with Crippen molar-refractivity contribution in [1.82, 2.24) is 4.31 Å². The summed E-state index contributed by atoms with van der Waals surface area (Å²) in [5.41, 5.74) is 6.53. The maximum Gasteiger partial charge on any atom is 0.244 e. The van der Waals surface area contributed by atoms with Crippen LogP contribution in [0.3, 0.4) is 0 Å². The number of rotatable bonds is 2. The minimum Gasteiger partial charge on any atom is -0.497 e. The molecule has 2 aliphatic rings. The Morgan fingerprint density at radius 3 is 2.41 bits per heavy atom. The maximum atomic E-state index is 13.6. The molecule has 3 aromatic rings. The van der Waals surface area contributed by atoms with Crippen molar-refractivity contribution in [2.24, 2.45) is 0 Å². The predicted molar refractivity (Wildman–Crippen MR) is 112 cm³/mol. The molecule has 1 unspecified atom stereocenters. The molecule has 2 bridgehead atoms. The molecule has 1 atom stereocenters. The van der Waals surface area contributed by atoms with E-state index in [-0.39, 0.29) is 6.54 Å². The van der Waals surface area contributed by atoms with Gasteiger partial charge in [0.05, 0.1) is 19.1 Å². The van der Waals surface area contributed by atoms with Crippen molar-refractivity contribution in [3.8, 4) is 33.8 Å². The molecule has 0 aliphatic carbocycles. The van der Waals surface area contributed by atoms with E-state index in [9.17, 15) is 8.42 Å². The van der Waals surface area contributed by atoms with Gasteiger partial charge in [-0.15, -0.1) is 0 Å². The number of hydrogen-bond acceptors (Lipinski definition) is 4. The van der Waals surface area contributed by atoms with Crippen LogP contribution in [0.25, 0.3) is 22.3 Å². The Hall–Kier alpha value is -2.83. The summed E-state index contributed by atoms with van der Waals surface area (Å²) in [5.74, 6) is 1.44. The topological polar surface area (TPSA) is 55.8 Å². The second-order valence-corrected chi connectivity index (χ2v) is 9.37. The van der Waals surface area contributed by atoms with Gasteiger partial charge in [0.1, 0.15) is 11.5 Å². The van der Waals surface area contributed by atoms with Crippen molar-refractivity contribution < 1.29 is 17.9 Å². The van der Waals surface area contributed by atoms with E-state index in [0.29, 0.717) is 17.2 Å². The Labute approximate surface area is 170 Å². The van der Waals surface area contributed by atoms with Crippen LogP contribution in [0.5, 0.6) is 11.5 Å². The van der Waals surface area contributed by atoms with Gasteiger partial charge in [0.15, 0.2) is 0 Å². The lowest BCUT2D eigenvalue weighted by atomic mass is 9.89. The molecule has 0 spiro atoms. The molecule has 0 aromatic heterocycles. The second-order valence-electron chi connectivity index (χ2n) is 7.46. The molecular formula is C23H21NO4S. The zero-order valence-electron chi connectivity index (χ0n) is 16.5. The number of fused-ring (bicyclic) bond motifs is 5. The molecule has 0 amide bonds. The van der Waals surface area contributed by atoms with Crippen molar-refractivity contribution in [1.29, 1.82) is 0 Å². The van der Waals surface area contributed by atoms with Crippen LogP contribution in [-0.2, 0) is 23.1 Å². The molecule has 0 N–H and O–H groups in total. The molecule has 0 saturated carbocycles. The molecule has 29 heavy (non-hydrogen) atoms. The van der Waals surface area contributed by atoms with E-state index in [1.807, 2.05) is 49.4 Å². The zero-order valence-corrected chi connectivity index (χ0v) is 17.3. The average molecular weight is 407 g/mol. The summed E-state index contributed by atoms with van der Waals surface area (Å²) < 4.78 is 39.9. The number of methoxy groups -OCH3 is 2. The molecule has 0 fully saturated rings. The molecule has 3 aromatic carbocycles. The number of sulfonamides is 1. The maximum absolute atomic E-state index is 13.6. The van der Waals surface area contributed by atoms with Crippen LogP contribution in [0.15, 0.2) is 53.4 Å². The summed E-state index contributed by atoms with van der Waals surface area (Å²) in [4.78, 5) is 0.351. The third-order valence-electron chi connectivity index (χ3n) is 5.80. The largest absolute Gasteiger partial charge is 0.497 e. The Bertz CT molecular complexity index is 1260. The number of ether oxygens (including phenoxy) is 2. The fourth-order valence-electron chi connectivity index (χ4n) is 4.39. The first-order valence-corrected chi connectivity index (χ1v) is 10.9. The van der Waals surface area contributed by atoms with E-state index in [4.69, 9.17) is 9.47 Å². The van der Waals surface area contributed by atoms with E-state index in [0.717, 1.165) is 44.7 Å². The molecule has 6 heteroatoms. The van der Waals surface area contributed by atoms with Gasteiger partial charge in [0, 0.05) is 24.2 Å². The number of hydrogen-bond donors (Lipinski definition) is 0. The number of benzene rings is 3. The van der Waals surface area contributed by atoms with Gasteiger partial charge >= 0.3 is 0 Å². The minimum absolute atomic E-state index is 0.277. The average Bonchev–Trinajstić information content (AvgIpc) is 2.94. The fraction of sp³-hybridized carbons (Fsp3) is 0.217. The molecule has 2 heterocycles. The Balaban J connectivity index is 1.94. The van der Waals surface area contributed by atoms with Crippen LogP contribution < -0.4 is 9.47 Å². The van der Waals surface area contributed by atoms with Crippen molar-refractivity contribution >= 4 is 10.0 Å². The van der Waals surface area contributed by atoms with E-state index in [1.165, 1.54) is 0 Å². The van der Waals surface area contributed by atoms with Gasteiger partial charge in [0.2, 0.25) is 10.0 Å². The Morgan fingerprint density at radius 1 is 0.862 bits per heavy atom. The highest BCUT2D eigenvalue weighted by molar-refractivity contribution is 7.89. The predicted octanol–water partition coefficient (Wildman–Crippen LogP) is 4.36. The standard InChI is InChI=1S/C23H21NO4S/c1-14-4-9-22-19(10-14)18-7-8-21(28-3)23-17-6-5-16(27-2)11-15(17)12-24(13-20(18)23)29(22,25)26/h4-11H,12-13H2,1-3H3. The first kappa shape index (κ1) is 18.2. The minimum atomic E-state index is -3.66. The lowest BCUT2D eigenvalue weighted by molar-refractivity contribution is 0.399. The Morgan fingerprint density at radius 2 is 1.66 bits per heavy atom.